The molecular formula is C19H32N4O3. The summed E-state index contributed by atoms with van der Waals surface area (Å²) in [4.78, 5) is 15.9. The van der Waals surface area contributed by atoms with Crippen molar-refractivity contribution in [2.75, 3.05) is 54.1 Å². The van der Waals surface area contributed by atoms with Gasteiger partial charge >= 0.3 is 0 Å². The molecule has 0 radical (unpaired) electrons. The molecule has 3 N–H and O–H groups in total. The zero-order chi connectivity index (χ0) is 19.0. The number of ether oxygens (including phenoxy) is 2. The first kappa shape index (κ1) is 21.9. The molecule has 1 amide bonds. The normalized spacial score (nSPS) is 11.3. The minimum atomic E-state index is -0.0662. The third-order valence-electron chi connectivity index (χ3n) is 3.79. The summed E-state index contributed by atoms with van der Waals surface area (Å²) in [6.07, 6.45) is 2.83. The van der Waals surface area contributed by atoms with Crippen LogP contribution in [0.15, 0.2) is 29.3 Å². The predicted octanol–water partition coefficient (Wildman–Crippen LogP) is 1.20. The lowest BCUT2D eigenvalue weighted by Crippen LogP contribution is -2.38. The van der Waals surface area contributed by atoms with E-state index in [0.29, 0.717) is 18.8 Å². The number of carbonyl (C=O) groups is 1. The van der Waals surface area contributed by atoms with Gasteiger partial charge in [0.2, 0.25) is 0 Å². The van der Waals surface area contributed by atoms with Gasteiger partial charge in [0.1, 0.15) is 0 Å². The van der Waals surface area contributed by atoms with Gasteiger partial charge in [-0.15, -0.1) is 0 Å². The number of methoxy groups -OCH3 is 1. The summed E-state index contributed by atoms with van der Waals surface area (Å²) in [5.41, 5.74) is 1.79. The van der Waals surface area contributed by atoms with E-state index in [-0.39, 0.29) is 5.91 Å². The van der Waals surface area contributed by atoms with Crippen molar-refractivity contribution < 1.29 is 14.3 Å². The van der Waals surface area contributed by atoms with Crippen LogP contribution in [0.4, 0.5) is 0 Å². The zero-order valence-electron chi connectivity index (χ0n) is 16.1. The van der Waals surface area contributed by atoms with E-state index in [1.165, 1.54) is 0 Å². The van der Waals surface area contributed by atoms with Gasteiger partial charge in [0.05, 0.1) is 13.2 Å². The number of nitrogens with one attached hydrogen (secondary N) is 3. The largest absolute Gasteiger partial charge is 0.382 e. The molecule has 0 unspecified atom stereocenters. The van der Waals surface area contributed by atoms with Crippen LogP contribution in [0.3, 0.4) is 0 Å². The molecule has 1 aromatic carbocycles. The first-order valence-electron chi connectivity index (χ1n) is 9.03. The summed E-state index contributed by atoms with van der Waals surface area (Å²) in [6, 6.07) is 7.66. The first-order chi connectivity index (χ1) is 12.7. The second-order valence-electron chi connectivity index (χ2n) is 5.77. The van der Waals surface area contributed by atoms with Gasteiger partial charge in [-0.25, -0.2) is 0 Å². The fourth-order valence-corrected chi connectivity index (χ4v) is 2.34. The maximum Gasteiger partial charge on any atom is 0.251 e. The number of amides is 1. The van der Waals surface area contributed by atoms with E-state index in [0.717, 1.165) is 50.5 Å². The lowest BCUT2D eigenvalue weighted by molar-refractivity contribution is 0.0689. The number of aliphatic imine (C=N–C) groups is 1. The highest BCUT2D eigenvalue weighted by molar-refractivity contribution is 5.94. The van der Waals surface area contributed by atoms with Crippen molar-refractivity contribution in [2.45, 2.75) is 19.3 Å². The minimum absolute atomic E-state index is 0.0662. The average molecular weight is 364 g/mol. The third-order valence-corrected chi connectivity index (χ3v) is 3.79. The second-order valence-corrected chi connectivity index (χ2v) is 5.77. The third kappa shape index (κ3) is 9.39. The molecule has 0 saturated carbocycles. The number of unbranched alkanes of at least 4 members (excludes halogenated alkanes) is 1. The van der Waals surface area contributed by atoms with Crippen molar-refractivity contribution in [3.05, 3.63) is 35.4 Å². The van der Waals surface area contributed by atoms with Crippen LogP contribution >= 0.6 is 0 Å². The predicted molar refractivity (Wildman–Crippen MR) is 105 cm³/mol. The molecule has 0 fully saturated rings. The Hall–Kier alpha value is -2.12. The zero-order valence-corrected chi connectivity index (χ0v) is 16.1. The lowest BCUT2D eigenvalue weighted by atomic mass is 10.1. The maximum atomic E-state index is 11.7. The maximum absolute atomic E-state index is 11.7. The van der Waals surface area contributed by atoms with E-state index in [1.807, 2.05) is 24.3 Å². The summed E-state index contributed by atoms with van der Waals surface area (Å²) in [5.74, 6) is 0.719. The number of hydrogen-bond donors (Lipinski definition) is 3. The van der Waals surface area contributed by atoms with E-state index in [9.17, 15) is 4.79 Å². The highest BCUT2D eigenvalue weighted by atomic mass is 16.5. The Bertz CT molecular complexity index is 549. The van der Waals surface area contributed by atoms with Crippen molar-refractivity contribution in [3.63, 3.8) is 0 Å². The van der Waals surface area contributed by atoms with Crippen LogP contribution < -0.4 is 16.0 Å². The van der Waals surface area contributed by atoms with Crippen LogP contribution in [0.5, 0.6) is 0 Å². The molecule has 0 aliphatic heterocycles. The van der Waals surface area contributed by atoms with Crippen LogP contribution in [0, 0.1) is 0 Å². The fourth-order valence-electron chi connectivity index (χ4n) is 2.34. The van der Waals surface area contributed by atoms with Crippen molar-refractivity contribution in [3.8, 4) is 0 Å². The Labute approximate surface area is 156 Å². The number of hydrogen-bond acceptors (Lipinski definition) is 4. The molecule has 1 rings (SSSR count). The number of nitrogens with zero attached hydrogens (tertiary/aromatic N) is 1. The topological polar surface area (TPSA) is 84.0 Å². The summed E-state index contributed by atoms with van der Waals surface area (Å²) < 4.78 is 10.4. The molecular weight excluding hydrogens is 332 g/mol. The van der Waals surface area contributed by atoms with E-state index in [2.05, 4.69) is 20.9 Å². The van der Waals surface area contributed by atoms with Crippen LogP contribution in [0.2, 0.25) is 0 Å². The molecule has 0 atom stereocenters. The van der Waals surface area contributed by atoms with Crippen LogP contribution in [-0.4, -0.2) is 66.0 Å². The number of rotatable bonds is 12. The fraction of sp³-hybridized carbons (Fsp3) is 0.579. The van der Waals surface area contributed by atoms with Crippen LogP contribution in [-0.2, 0) is 15.9 Å². The molecule has 1 aromatic rings. The highest BCUT2D eigenvalue weighted by Gasteiger charge is 2.04. The van der Waals surface area contributed by atoms with Gasteiger partial charge < -0.3 is 25.4 Å². The Balaban J connectivity index is 2.19. The summed E-state index contributed by atoms with van der Waals surface area (Å²) in [7, 11) is 5.07. The van der Waals surface area contributed by atoms with Crippen LogP contribution in [0.1, 0.15) is 28.8 Å². The molecule has 26 heavy (non-hydrogen) atoms. The van der Waals surface area contributed by atoms with Gasteiger partial charge in [-0.05, 0) is 37.0 Å². The first-order valence-corrected chi connectivity index (χ1v) is 9.03. The standard InChI is InChI=1S/C19H32N4O3/c1-20-18(24)17-8-6-7-16(15-17)9-11-23-19(21-2)22-10-4-5-12-26-14-13-25-3/h6-8,15H,4-5,9-14H2,1-3H3,(H,20,24)(H2,21,22,23). The quantitative estimate of drug-likeness (QED) is 0.295. The highest BCUT2D eigenvalue weighted by Crippen LogP contribution is 2.05. The Morgan fingerprint density at radius 2 is 1.92 bits per heavy atom. The van der Waals surface area contributed by atoms with E-state index in [1.54, 1.807) is 21.2 Å². The van der Waals surface area contributed by atoms with Gasteiger partial charge in [-0.1, -0.05) is 12.1 Å². The van der Waals surface area contributed by atoms with Gasteiger partial charge in [0.15, 0.2) is 5.96 Å². The molecule has 0 aromatic heterocycles. The van der Waals surface area contributed by atoms with Crippen LogP contribution in [0.25, 0.3) is 0 Å². The Morgan fingerprint density at radius 3 is 2.65 bits per heavy atom. The van der Waals surface area contributed by atoms with Crippen molar-refractivity contribution >= 4 is 11.9 Å². The Kier molecular flexibility index (Phi) is 11.9. The number of benzene rings is 1. The number of carbonyl (C=O) groups excluding carboxylic acids is 1. The summed E-state index contributed by atoms with van der Waals surface area (Å²) in [6.45, 7) is 3.63. The molecule has 0 heterocycles. The molecule has 0 bridgehead atoms. The average Bonchev–Trinajstić information content (AvgIpc) is 2.68. The van der Waals surface area contributed by atoms with E-state index >= 15 is 0 Å². The van der Waals surface area contributed by atoms with Gasteiger partial charge in [-0.2, -0.15) is 0 Å². The SMILES string of the molecule is CN=C(NCCCCOCCOC)NCCc1cccc(C(=O)NC)c1. The molecule has 146 valence electrons. The summed E-state index contributed by atoms with van der Waals surface area (Å²) in [5, 5.41) is 9.22. The smallest absolute Gasteiger partial charge is 0.251 e. The van der Waals surface area contributed by atoms with Gasteiger partial charge in [-0.3, -0.25) is 9.79 Å². The second kappa shape index (κ2) is 14.1. The van der Waals surface area contributed by atoms with Crippen molar-refractivity contribution in [1.29, 1.82) is 0 Å². The monoisotopic (exact) mass is 364 g/mol. The van der Waals surface area contributed by atoms with Crippen molar-refractivity contribution in [2.24, 2.45) is 4.99 Å². The molecule has 7 heteroatoms. The molecule has 0 saturated heterocycles. The lowest BCUT2D eigenvalue weighted by Gasteiger charge is -2.12. The van der Waals surface area contributed by atoms with Gasteiger partial charge in [0, 0.05) is 46.5 Å². The number of guanidine groups is 1. The summed E-state index contributed by atoms with van der Waals surface area (Å²) >= 11 is 0. The molecule has 0 spiro atoms. The van der Waals surface area contributed by atoms with Gasteiger partial charge in [0.25, 0.3) is 5.91 Å². The molecule has 0 aliphatic carbocycles. The Morgan fingerprint density at radius 1 is 1.12 bits per heavy atom. The van der Waals surface area contributed by atoms with Crippen molar-refractivity contribution in [1.82, 2.24) is 16.0 Å². The molecule has 0 aliphatic rings. The van der Waals surface area contributed by atoms with E-state index < -0.39 is 0 Å². The van der Waals surface area contributed by atoms with E-state index in [4.69, 9.17) is 9.47 Å². The minimum Gasteiger partial charge on any atom is -0.382 e. The molecule has 7 nitrogen and oxygen atoms in total.